The Morgan fingerprint density at radius 2 is 2.05 bits per heavy atom. The lowest BCUT2D eigenvalue weighted by atomic mass is 9.86. The highest BCUT2D eigenvalue weighted by molar-refractivity contribution is 5.95. The van der Waals surface area contributed by atoms with Gasteiger partial charge in [-0.25, -0.2) is 9.37 Å². The standard InChI is InChI=1S/C27H32FN5O5/c1-2-20-19(13-38-32-20)26(35)31-23(14-5-3-4-6-14)25-29-21-8-7-16(22(28)24(21)30-25)17-11-37-12-18(17)27(36)33-9-15(34)10-33/h7-8,13-15,17-18,23,34H,2-6,9-12H2,1H3,(H,29,30)(H,31,35). The van der Waals surface area contributed by atoms with Crippen molar-refractivity contribution < 1.29 is 28.3 Å². The lowest BCUT2D eigenvalue weighted by molar-refractivity contribution is -0.146. The number of aryl methyl sites for hydroxylation is 1. The van der Waals surface area contributed by atoms with Crippen LogP contribution < -0.4 is 5.32 Å². The third-order valence-electron chi connectivity index (χ3n) is 8.29. The quantitative estimate of drug-likeness (QED) is 0.432. The van der Waals surface area contributed by atoms with Gasteiger partial charge >= 0.3 is 0 Å². The molecule has 3 fully saturated rings. The number of carbonyl (C=O) groups excluding carboxylic acids is 2. The zero-order chi connectivity index (χ0) is 26.4. The van der Waals surface area contributed by atoms with E-state index in [2.05, 4.69) is 20.4 Å². The van der Waals surface area contributed by atoms with Crippen LogP contribution in [0.15, 0.2) is 22.9 Å². The van der Waals surface area contributed by atoms with Gasteiger partial charge in [-0.1, -0.05) is 31.0 Å². The van der Waals surface area contributed by atoms with E-state index in [1.165, 1.54) is 6.26 Å². The van der Waals surface area contributed by atoms with E-state index in [-0.39, 0.29) is 36.5 Å². The fourth-order valence-electron chi connectivity index (χ4n) is 6.10. The number of benzene rings is 1. The van der Waals surface area contributed by atoms with Crippen molar-refractivity contribution in [3.63, 3.8) is 0 Å². The number of imidazole rings is 1. The van der Waals surface area contributed by atoms with Gasteiger partial charge in [0.1, 0.15) is 23.2 Å². The summed E-state index contributed by atoms with van der Waals surface area (Å²) in [5.41, 5.74) is 2.10. The maximum Gasteiger partial charge on any atom is 0.257 e. The largest absolute Gasteiger partial charge is 0.389 e. The second kappa shape index (κ2) is 10.1. The van der Waals surface area contributed by atoms with Gasteiger partial charge in [0.25, 0.3) is 5.91 Å². The molecule has 2 amide bonds. The highest BCUT2D eigenvalue weighted by Gasteiger charge is 2.42. The molecule has 4 heterocycles. The minimum atomic E-state index is -0.505. The van der Waals surface area contributed by atoms with Crippen molar-refractivity contribution in [1.29, 1.82) is 0 Å². The van der Waals surface area contributed by atoms with Crippen LogP contribution in [0.3, 0.4) is 0 Å². The van der Waals surface area contributed by atoms with Crippen molar-refractivity contribution in [2.45, 2.75) is 57.1 Å². The Kier molecular flexibility index (Phi) is 6.65. The normalized spacial score (nSPS) is 23.2. The number of fused-ring (bicyclic) bond motifs is 1. The molecule has 2 saturated heterocycles. The molecule has 2 aromatic heterocycles. The average molecular weight is 526 g/mol. The molecule has 202 valence electrons. The summed E-state index contributed by atoms with van der Waals surface area (Å²) in [7, 11) is 0. The van der Waals surface area contributed by atoms with Crippen LogP contribution >= 0.6 is 0 Å². The van der Waals surface area contributed by atoms with Crippen molar-refractivity contribution in [3.05, 3.63) is 46.9 Å². The lowest BCUT2D eigenvalue weighted by Crippen LogP contribution is -2.55. The third-order valence-corrected chi connectivity index (χ3v) is 8.29. The van der Waals surface area contributed by atoms with E-state index in [1.54, 1.807) is 17.0 Å². The van der Waals surface area contributed by atoms with Crippen LogP contribution in [0.2, 0.25) is 0 Å². The topological polar surface area (TPSA) is 134 Å². The SMILES string of the molecule is CCc1nocc1C(=O)NC(c1nc2c(F)c(C3COCC3C(=O)N3CC(O)C3)ccc2[nH]1)C1CCCC1. The number of carbonyl (C=O) groups is 2. The van der Waals surface area contributed by atoms with Gasteiger partial charge in [0, 0.05) is 19.0 Å². The molecule has 3 N–H and O–H groups in total. The number of aliphatic hydroxyl groups is 1. The molecule has 3 unspecified atom stereocenters. The van der Waals surface area contributed by atoms with Gasteiger partial charge in [0.15, 0.2) is 5.82 Å². The Morgan fingerprint density at radius 3 is 2.79 bits per heavy atom. The number of ether oxygens (including phenoxy) is 1. The van der Waals surface area contributed by atoms with E-state index in [4.69, 9.17) is 9.26 Å². The molecule has 11 heteroatoms. The number of amides is 2. The van der Waals surface area contributed by atoms with Gasteiger partial charge in [0.05, 0.1) is 42.5 Å². The maximum absolute atomic E-state index is 15.9. The number of aromatic amines is 1. The Balaban J connectivity index is 1.29. The lowest BCUT2D eigenvalue weighted by Gasteiger charge is -2.38. The van der Waals surface area contributed by atoms with Crippen LogP contribution in [0.25, 0.3) is 11.0 Å². The Hall–Kier alpha value is -3.31. The van der Waals surface area contributed by atoms with Crippen LogP contribution in [-0.2, 0) is 16.0 Å². The molecule has 6 rings (SSSR count). The summed E-state index contributed by atoms with van der Waals surface area (Å²) in [6.45, 7) is 2.97. The van der Waals surface area contributed by atoms with Gasteiger partial charge in [-0.15, -0.1) is 0 Å². The fourth-order valence-corrected chi connectivity index (χ4v) is 6.10. The molecule has 0 bridgehead atoms. The van der Waals surface area contributed by atoms with E-state index in [1.807, 2.05) is 6.92 Å². The van der Waals surface area contributed by atoms with Crippen LogP contribution in [-0.4, -0.2) is 69.4 Å². The molecular weight excluding hydrogens is 493 g/mol. The monoisotopic (exact) mass is 525 g/mol. The fraction of sp³-hybridized carbons (Fsp3) is 0.556. The van der Waals surface area contributed by atoms with Gasteiger partial charge in [0.2, 0.25) is 5.91 Å². The molecule has 0 radical (unpaired) electrons. The number of hydrogen-bond donors (Lipinski definition) is 3. The molecule has 10 nitrogen and oxygen atoms in total. The highest BCUT2D eigenvalue weighted by Crippen LogP contribution is 2.39. The molecule has 3 aliphatic rings. The maximum atomic E-state index is 15.9. The van der Waals surface area contributed by atoms with E-state index >= 15 is 4.39 Å². The number of halogens is 1. The molecule has 3 atom stereocenters. The van der Waals surface area contributed by atoms with Crippen molar-refractivity contribution in [2.24, 2.45) is 11.8 Å². The summed E-state index contributed by atoms with van der Waals surface area (Å²) >= 11 is 0. The number of nitrogens with one attached hydrogen (secondary N) is 2. The molecule has 1 saturated carbocycles. The predicted molar refractivity (Wildman–Crippen MR) is 134 cm³/mol. The van der Waals surface area contributed by atoms with Crippen molar-refractivity contribution in [2.75, 3.05) is 26.3 Å². The third kappa shape index (κ3) is 4.37. The van der Waals surface area contributed by atoms with E-state index in [0.29, 0.717) is 47.7 Å². The Labute approximate surface area is 218 Å². The molecule has 1 aliphatic carbocycles. The number of likely N-dealkylation sites (tertiary alicyclic amines) is 1. The smallest absolute Gasteiger partial charge is 0.257 e. The van der Waals surface area contributed by atoms with Crippen LogP contribution in [0.4, 0.5) is 4.39 Å². The zero-order valence-electron chi connectivity index (χ0n) is 21.3. The highest BCUT2D eigenvalue weighted by atomic mass is 19.1. The molecule has 0 spiro atoms. The summed E-state index contributed by atoms with van der Waals surface area (Å²) in [6, 6.07) is 3.06. The first-order chi connectivity index (χ1) is 18.4. The summed E-state index contributed by atoms with van der Waals surface area (Å²) < 4.78 is 26.6. The van der Waals surface area contributed by atoms with E-state index < -0.39 is 29.8 Å². The number of rotatable bonds is 7. The van der Waals surface area contributed by atoms with Crippen molar-refractivity contribution in [3.8, 4) is 0 Å². The summed E-state index contributed by atoms with van der Waals surface area (Å²) in [4.78, 5) is 35.6. The first kappa shape index (κ1) is 25.0. The molecule has 2 aliphatic heterocycles. The second-order valence-electron chi connectivity index (χ2n) is 10.7. The number of H-pyrrole nitrogens is 1. The summed E-state index contributed by atoms with van der Waals surface area (Å²) in [6.07, 6.45) is 5.43. The number of aliphatic hydroxyl groups excluding tert-OH is 1. The van der Waals surface area contributed by atoms with E-state index in [0.717, 1.165) is 25.7 Å². The Morgan fingerprint density at radius 1 is 1.26 bits per heavy atom. The molecule has 1 aromatic carbocycles. The molecule has 3 aromatic rings. The number of aromatic nitrogens is 3. The van der Waals surface area contributed by atoms with Gasteiger partial charge in [-0.05, 0) is 36.8 Å². The minimum absolute atomic E-state index is 0.121. The first-order valence-electron chi connectivity index (χ1n) is 13.4. The van der Waals surface area contributed by atoms with Gasteiger partial charge in [-0.3, -0.25) is 9.59 Å². The number of nitrogens with zero attached hydrogens (tertiary/aromatic N) is 3. The van der Waals surface area contributed by atoms with Crippen LogP contribution in [0.1, 0.15) is 72.0 Å². The molecule has 38 heavy (non-hydrogen) atoms. The first-order valence-corrected chi connectivity index (χ1v) is 13.4. The number of hydrogen-bond acceptors (Lipinski definition) is 7. The van der Waals surface area contributed by atoms with Crippen molar-refractivity contribution >= 4 is 22.8 Å². The predicted octanol–water partition coefficient (Wildman–Crippen LogP) is 2.85. The second-order valence-corrected chi connectivity index (χ2v) is 10.7. The minimum Gasteiger partial charge on any atom is -0.389 e. The van der Waals surface area contributed by atoms with E-state index in [9.17, 15) is 14.7 Å². The van der Waals surface area contributed by atoms with Gasteiger partial charge < -0.3 is 29.6 Å². The summed E-state index contributed by atoms with van der Waals surface area (Å²) in [5.74, 6) is -1.15. The Bertz CT molecular complexity index is 1340. The van der Waals surface area contributed by atoms with Crippen LogP contribution in [0, 0.1) is 17.7 Å². The van der Waals surface area contributed by atoms with Crippen molar-refractivity contribution in [1.82, 2.24) is 25.3 Å². The summed E-state index contributed by atoms with van der Waals surface area (Å²) in [5, 5.41) is 16.6. The molecular formula is C27H32FN5O5. The average Bonchev–Trinajstić information content (AvgIpc) is 3.71. The zero-order valence-corrected chi connectivity index (χ0v) is 21.3. The van der Waals surface area contributed by atoms with Crippen LogP contribution in [0.5, 0.6) is 0 Å². The van der Waals surface area contributed by atoms with Gasteiger partial charge in [-0.2, -0.15) is 0 Å². The number of β-amino-alcohol motifs (C(OH)–C–C–N with tert-alkyl or cyclic N) is 1.